The van der Waals surface area contributed by atoms with Gasteiger partial charge in [-0.05, 0) is 19.1 Å². The van der Waals surface area contributed by atoms with Gasteiger partial charge >= 0.3 is 0 Å². The van der Waals surface area contributed by atoms with Gasteiger partial charge in [-0.2, -0.15) is 0 Å². The smallest absolute Gasteiger partial charge is 0.196 e. The van der Waals surface area contributed by atoms with E-state index in [1.807, 2.05) is 0 Å². The summed E-state index contributed by atoms with van der Waals surface area (Å²) in [4.78, 5) is 14.5. The Kier molecular flexibility index (Phi) is 2.38. The molecule has 0 aliphatic carbocycles. The van der Waals surface area contributed by atoms with Crippen molar-refractivity contribution in [2.75, 3.05) is 0 Å². The number of halogens is 3. The predicted octanol–water partition coefficient (Wildman–Crippen LogP) is 2.77. The van der Waals surface area contributed by atoms with E-state index in [1.165, 1.54) is 13.0 Å². The Morgan fingerprint density at radius 1 is 1.19 bits per heavy atom. The van der Waals surface area contributed by atoms with Gasteiger partial charge in [0.2, 0.25) is 0 Å². The van der Waals surface area contributed by atoms with Crippen LogP contribution in [0.4, 0.5) is 13.2 Å². The standard InChI is InChI=1S/C11H6F3NO/c1-5-2-6(4-16)7-3-8(12)9(13)10(14)11(7)15-5/h2-4H,1H3. The summed E-state index contributed by atoms with van der Waals surface area (Å²) in [5, 5.41) is -0.0306. The molecule has 0 unspecified atom stereocenters. The number of carbonyl (C=O) groups excluding carboxylic acids is 1. The van der Waals surface area contributed by atoms with Crippen molar-refractivity contribution >= 4 is 17.2 Å². The van der Waals surface area contributed by atoms with Crippen LogP contribution >= 0.6 is 0 Å². The molecule has 0 N–H and O–H groups in total. The third kappa shape index (κ3) is 1.44. The molecule has 0 saturated heterocycles. The van der Waals surface area contributed by atoms with Crippen molar-refractivity contribution in [2.45, 2.75) is 6.92 Å². The first-order chi connectivity index (χ1) is 7.54. The lowest BCUT2D eigenvalue weighted by Gasteiger charge is -2.05. The van der Waals surface area contributed by atoms with Crippen LogP contribution < -0.4 is 0 Å². The minimum absolute atomic E-state index is 0.0306. The quantitative estimate of drug-likeness (QED) is 0.551. The molecular weight excluding hydrogens is 219 g/mol. The summed E-state index contributed by atoms with van der Waals surface area (Å²) in [6.07, 6.45) is 0.452. The van der Waals surface area contributed by atoms with Crippen LogP contribution in [-0.2, 0) is 0 Å². The van der Waals surface area contributed by atoms with E-state index in [9.17, 15) is 18.0 Å². The van der Waals surface area contributed by atoms with Crippen molar-refractivity contribution in [1.29, 1.82) is 0 Å². The average Bonchev–Trinajstić information content (AvgIpc) is 2.26. The molecule has 0 aliphatic rings. The third-order valence-electron chi connectivity index (χ3n) is 2.23. The molecule has 0 spiro atoms. The second-order valence-corrected chi connectivity index (χ2v) is 3.35. The molecule has 0 fully saturated rings. The van der Waals surface area contributed by atoms with Gasteiger partial charge in [-0.3, -0.25) is 4.79 Å². The number of aromatic nitrogens is 1. The van der Waals surface area contributed by atoms with E-state index in [4.69, 9.17) is 0 Å². The zero-order chi connectivity index (χ0) is 11.9. The highest BCUT2D eigenvalue weighted by Gasteiger charge is 2.16. The van der Waals surface area contributed by atoms with Crippen molar-refractivity contribution in [3.63, 3.8) is 0 Å². The van der Waals surface area contributed by atoms with E-state index < -0.39 is 17.5 Å². The van der Waals surface area contributed by atoms with E-state index in [1.54, 1.807) is 0 Å². The first kappa shape index (κ1) is 10.6. The van der Waals surface area contributed by atoms with Crippen LogP contribution in [-0.4, -0.2) is 11.3 Å². The third-order valence-corrected chi connectivity index (χ3v) is 2.23. The SMILES string of the molecule is Cc1cc(C=O)c2cc(F)c(F)c(F)c2n1. The molecule has 0 radical (unpaired) electrons. The Morgan fingerprint density at radius 2 is 1.88 bits per heavy atom. The molecule has 0 amide bonds. The van der Waals surface area contributed by atoms with Gasteiger partial charge in [-0.1, -0.05) is 0 Å². The number of hydrogen-bond acceptors (Lipinski definition) is 2. The van der Waals surface area contributed by atoms with Gasteiger partial charge in [-0.25, -0.2) is 18.2 Å². The molecule has 2 nitrogen and oxygen atoms in total. The number of pyridine rings is 1. The summed E-state index contributed by atoms with van der Waals surface area (Å²) < 4.78 is 39.3. The van der Waals surface area contributed by atoms with E-state index in [-0.39, 0.29) is 16.5 Å². The lowest BCUT2D eigenvalue weighted by molar-refractivity contribution is 0.112. The van der Waals surface area contributed by atoms with Crippen molar-refractivity contribution in [3.8, 4) is 0 Å². The zero-order valence-corrected chi connectivity index (χ0v) is 8.22. The Bertz CT molecular complexity index is 596. The fraction of sp³-hybridized carbons (Fsp3) is 0.0909. The van der Waals surface area contributed by atoms with Crippen LogP contribution in [0.3, 0.4) is 0 Å². The Labute approximate surface area is 88.7 Å². The molecule has 16 heavy (non-hydrogen) atoms. The molecule has 0 bridgehead atoms. The molecule has 1 aromatic carbocycles. The normalized spacial score (nSPS) is 10.8. The van der Waals surface area contributed by atoms with Gasteiger partial charge in [0.15, 0.2) is 23.7 Å². The lowest BCUT2D eigenvalue weighted by atomic mass is 10.1. The molecule has 1 aromatic heterocycles. The largest absolute Gasteiger partial charge is 0.298 e. The van der Waals surface area contributed by atoms with E-state index in [0.29, 0.717) is 12.0 Å². The highest BCUT2D eigenvalue weighted by atomic mass is 19.2. The van der Waals surface area contributed by atoms with Crippen molar-refractivity contribution < 1.29 is 18.0 Å². The molecule has 0 atom stereocenters. The van der Waals surface area contributed by atoms with Gasteiger partial charge in [0.05, 0.1) is 0 Å². The van der Waals surface area contributed by atoms with Crippen molar-refractivity contribution in [2.24, 2.45) is 0 Å². The Hall–Kier alpha value is -1.91. The number of benzene rings is 1. The topological polar surface area (TPSA) is 30.0 Å². The summed E-state index contributed by atoms with van der Waals surface area (Å²) in [5.41, 5.74) is 0.112. The highest BCUT2D eigenvalue weighted by Crippen LogP contribution is 2.24. The van der Waals surface area contributed by atoms with E-state index >= 15 is 0 Å². The number of aldehydes is 1. The summed E-state index contributed by atoms with van der Waals surface area (Å²) in [5.74, 6) is -4.29. The number of aryl methyl sites for hydroxylation is 1. The molecule has 0 saturated carbocycles. The minimum atomic E-state index is -1.58. The van der Waals surface area contributed by atoms with Crippen molar-refractivity contribution in [3.05, 3.63) is 40.8 Å². The van der Waals surface area contributed by atoms with E-state index in [2.05, 4.69) is 4.98 Å². The maximum absolute atomic E-state index is 13.4. The fourth-order valence-electron chi connectivity index (χ4n) is 1.52. The second-order valence-electron chi connectivity index (χ2n) is 3.35. The van der Waals surface area contributed by atoms with Gasteiger partial charge in [0, 0.05) is 16.6 Å². The summed E-state index contributed by atoms with van der Waals surface area (Å²) in [7, 11) is 0. The van der Waals surface area contributed by atoms with Crippen LogP contribution in [0, 0.1) is 24.4 Å². The van der Waals surface area contributed by atoms with Gasteiger partial charge in [0.25, 0.3) is 0 Å². The molecule has 0 aliphatic heterocycles. The van der Waals surface area contributed by atoms with Crippen LogP contribution in [0.1, 0.15) is 16.1 Å². The number of rotatable bonds is 1. The minimum Gasteiger partial charge on any atom is -0.298 e. The first-order valence-corrected chi connectivity index (χ1v) is 4.44. The number of nitrogens with zero attached hydrogens (tertiary/aromatic N) is 1. The maximum Gasteiger partial charge on any atom is 0.196 e. The van der Waals surface area contributed by atoms with E-state index in [0.717, 1.165) is 6.07 Å². The average molecular weight is 225 g/mol. The number of fused-ring (bicyclic) bond motifs is 1. The maximum atomic E-state index is 13.4. The molecule has 5 heteroatoms. The number of hydrogen-bond donors (Lipinski definition) is 0. The monoisotopic (exact) mass is 225 g/mol. The lowest BCUT2D eigenvalue weighted by Crippen LogP contribution is -1.98. The molecule has 2 aromatic rings. The van der Waals surface area contributed by atoms with Gasteiger partial charge < -0.3 is 0 Å². The molecular formula is C11H6F3NO. The fourth-order valence-corrected chi connectivity index (χ4v) is 1.52. The summed E-state index contributed by atoms with van der Waals surface area (Å²) in [6, 6.07) is 2.15. The molecule has 1 heterocycles. The zero-order valence-electron chi connectivity index (χ0n) is 8.22. The van der Waals surface area contributed by atoms with Crippen LogP contribution in [0.2, 0.25) is 0 Å². The van der Waals surface area contributed by atoms with Crippen LogP contribution in [0.5, 0.6) is 0 Å². The highest BCUT2D eigenvalue weighted by molar-refractivity contribution is 5.96. The van der Waals surface area contributed by atoms with Crippen molar-refractivity contribution in [1.82, 2.24) is 4.98 Å². The number of carbonyl (C=O) groups is 1. The Morgan fingerprint density at radius 3 is 2.50 bits per heavy atom. The van der Waals surface area contributed by atoms with Gasteiger partial charge in [0.1, 0.15) is 5.52 Å². The first-order valence-electron chi connectivity index (χ1n) is 4.44. The summed E-state index contributed by atoms with van der Waals surface area (Å²) >= 11 is 0. The van der Waals surface area contributed by atoms with Crippen LogP contribution in [0.25, 0.3) is 10.9 Å². The summed E-state index contributed by atoms with van der Waals surface area (Å²) in [6.45, 7) is 1.53. The van der Waals surface area contributed by atoms with Gasteiger partial charge in [-0.15, -0.1) is 0 Å². The molecule has 2 rings (SSSR count). The predicted molar refractivity (Wildman–Crippen MR) is 51.7 cm³/mol. The Balaban J connectivity index is 3.00. The molecule has 82 valence electrons. The van der Waals surface area contributed by atoms with Crippen LogP contribution in [0.15, 0.2) is 12.1 Å². The second kappa shape index (κ2) is 3.59.